The molecule has 0 aliphatic heterocycles. The van der Waals surface area contributed by atoms with Gasteiger partial charge in [0.2, 0.25) is 0 Å². The quantitative estimate of drug-likeness (QED) is 0.647. The molecule has 84 valence electrons. The van der Waals surface area contributed by atoms with Crippen molar-refractivity contribution >= 4 is 23.3 Å². The number of rotatable bonds is 2. The van der Waals surface area contributed by atoms with Gasteiger partial charge < -0.3 is 4.40 Å². The lowest BCUT2D eigenvalue weighted by Crippen LogP contribution is -1.86. The van der Waals surface area contributed by atoms with E-state index in [2.05, 4.69) is 23.4 Å². The minimum atomic E-state index is 0.656. The summed E-state index contributed by atoms with van der Waals surface area (Å²) in [6, 6.07) is 5.75. The molecule has 3 nitrogen and oxygen atoms in total. The molecule has 0 N–H and O–H groups in total. The molecule has 0 aliphatic rings. The van der Waals surface area contributed by atoms with Crippen molar-refractivity contribution in [3.8, 4) is 10.6 Å². The molecule has 0 saturated carbocycles. The Hall–Kier alpha value is -1.94. The fourth-order valence-corrected chi connectivity index (χ4v) is 2.62. The average molecular weight is 242 g/mol. The van der Waals surface area contributed by atoms with Gasteiger partial charge in [0.25, 0.3) is 0 Å². The highest BCUT2D eigenvalue weighted by Crippen LogP contribution is 2.26. The standard InChI is InChI=1S/C13H10N2OS/c1-9-4-12(17-8-9)11-6-15-5-10(7-16)2-3-13(15)14-11/h2-8H,1H3. The fourth-order valence-electron chi connectivity index (χ4n) is 1.76. The van der Waals surface area contributed by atoms with Crippen LogP contribution in [-0.4, -0.2) is 15.7 Å². The molecular formula is C13H10N2OS. The van der Waals surface area contributed by atoms with Gasteiger partial charge in [-0.1, -0.05) is 0 Å². The zero-order valence-electron chi connectivity index (χ0n) is 9.25. The second-order valence-corrected chi connectivity index (χ2v) is 4.87. The Labute approximate surface area is 102 Å². The molecule has 0 unspecified atom stereocenters. The van der Waals surface area contributed by atoms with Gasteiger partial charge >= 0.3 is 0 Å². The van der Waals surface area contributed by atoms with Gasteiger partial charge in [-0.3, -0.25) is 4.79 Å². The van der Waals surface area contributed by atoms with Gasteiger partial charge in [0, 0.05) is 18.0 Å². The lowest BCUT2D eigenvalue weighted by Gasteiger charge is -1.92. The van der Waals surface area contributed by atoms with Gasteiger partial charge in [0.15, 0.2) is 6.29 Å². The van der Waals surface area contributed by atoms with E-state index in [4.69, 9.17) is 0 Å². The summed E-state index contributed by atoms with van der Waals surface area (Å²) < 4.78 is 1.88. The molecule has 0 aliphatic carbocycles. The number of imidazole rings is 1. The number of pyridine rings is 1. The second kappa shape index (κ2) is 3.82. The van der Waals surface area contributed by atoms with E-state index in [1.807, 2.05) is 16.7 Å². The molecule has 0 spiro atoms. The lowest BCUT2D eigenvalue weighted by molar-refractivity contribution is 0.112. The first-order valence-corrected chi connectivity index (χ1v) is 6.14. The highest BCUT2D eigenvalue weighted by molar-refractivity contribution is 7.13. The van der Waals surface area contributed by atoms with Crippen LogP contribution in [0.15, 0.2) is 36.0 Å². The lowest BCUT2D eigenvalue weighted by atomic mass is 10.3. The zero-order valence-corrected chi connectivity index (χ0v) is 10.1. The molecule has 0 fully saturated rings. The highest BCUT2D eigenvalue weighted by atomic mass is 32.1. The van der Waals surface area contributed by atoms with Crippen LogP contribution in [0.3, 0.4) is 0 Å². The van der Waals surface area contributed by atoms with Crippen LogP contribution in [0.1, 0.15) is 15.9 Å². The van der Waals surface area contributed by atoms with Crippen molar-refractivity contribution in [2.75, 3.05) is 0 Å². The molecule has 0 radical (unpaired) electrons. The maximum atomic E-state index is 10.7. The van der Waals surface area contributed by atoms with Gasteiger partial charge in [0.1, 0.15) is 5.65 Å². The summed E-state index contributed by atoms with van der Waals surface area (Å²) in [4.78, 5) is 16.4. The third kappa shape index (κ3) is 1.76. The Bertz CT molecular complexity index is 696. The summed E-state index contributed by atoms with van der Waals surface area (Å²) in [6.45, 7) is 2.07. The zero-order chi connectivity index (χ0) is 11.8. The van der Waals surface area contributed by atoms with Crippen LogP contribution in [0.2, 0.25) is 0 Å². The van der Waals surface area contributed by atoms with Gasteiger partial charge in [0.05, 0.1) is 10.6 Å². The SMILES string of the molecule is Cc1csc(-c2cn3cc(C=O)ccc3n2)c1. The van der Waals surface area contributed by atoms with Gasteiger partial charge in [-0.15, -0.1) is 11.3 Å². The highest BCUT2D eigenvalue weighted by Gasteiger charge is 2.06. The Kier molecular flexibility index (Phi) is 2.30. The maximum absolute atomic E-state index is 10.7. The van der Waals surface area contributed by atoms with E-state index < -0.39 is 0 Å². The predicted octanol–water partition coefficient (Wildman–Crippen LogP) is 3.18. The molecular weight excluding hydrogens is 232 g/mol. The molecule has 3 aromatic heterocycles. The summed E-state index contributed by atoms with van der Waals surface area (Å²) in [6.07, 6.45) is 4.58. The Morgan fingerprint density at radius 3 is 2.94 bits per heavy atom. The van der Waals surface area contributed by atoms with Crippen molar-refractivity contribution in [3.05, 3.63) is 47.1 Å². The molecule has 0 saturated heterocycles. The molecule has 0 amide bonds. The molecule has 3 rings (SSSR count). The minimum Gasteiger partial charge on any atom is -0.306 e. The molecule has 0 bridgehead atoms. The van der Waals surface area contributed by atoms with Crippen LogP contribution in [-0.2, 0) is 0 Å². The van der Waals surface area contributed by atoms with E-state index in [9.17, 15) is 4.79 Å². The number of hydrogen-bond acceptors (Lipinski definition) is 3. The van der Waals surface area contributed by atoms with Crippen LogP contribution in [0.5, 0.6) is 0 Å². The first kappa shape index (κ1) is 10.2. The number of aldehydes is 1. The molecule has 3 heterocycles. The predicted molar refractivity (Wildman–Crippen MR) is 68.6 cm³/mol. The molecule has 0 aromatic carbocycles. The van der Waals surface area contributed by atoms with E-state index in [0.29, 0.717) is 5.56 Å². The number of aryl methyl sites for hydroxylation is 1. The number of carbonyl (C=O) groups excluding carboxylic acids is 1. The van der Waals surface area contributed by atoms with Crippen molar-refractivity contribution < 1.29 is 4.79 Å². The summed E-state index contributed by atoms with van der Waals surface area (Å²) in [7, 11) is 0. The molecule has 4 heteroatoms. The van der Waals surface area contributed by atoms with E-state index in [-0.39, 0.29) is 0 Å². The van der Waals surface area contributed by atoms with Gasteiger partial charge in [-0.2, -0.15) is 0 Å². The third-order valence-corrected chi connectivity index (χ3v) is 3.66. The first-order valence-electron chi connectivity index (χ1n) is 5.26. The number of thiophene rings is 1. The Morgan fingerprint density at radius 1 is 1.35 bits per heavy atom. The maximum Gasteiger partial charge on any atom is 0.151 e. The number of hydrogen-bond donors (Lipinski definition) is 0. The van der Waals surface area contributed by atoms with Crippen molar-refractivity contribution in [2.45, 2.75) is 6.92 Å². The summed E-state index contributed by atoms with van der Waals surface area (Å²) in [5.74, 6) is 0. The van der Waals surface area contributed by atoms with Crippen molar-refractivity contribution in [1.82, 2.24) is 9.38 Å². The average Bonchev–Trinajstić information content (AvgIpc) is 2.93. The van der Waals surface area contributed by atoms with E-state index >= 15 is 0 Å². The minimum absolute atomic E-state index is 0.656. The van der Waals surface area contributed by atoms with Crippen LogP contribution in [0.4, 0.5) is 0 Å². The number of carbonyl (C=O) groups is 1. The van der Waals surface area contributed by atoms with Crippen molar-refractivity contribution in [2.24, 2.45) is 0 Å². The molecule has 17 heavy (non-hydrogen) atoms. The fraction of sp³-hybridized carbons (Fsp3) is 0.0769. The summed E-state index contributed by atoms with van der Waals surface area (Å²) in [5, 5.41) is 2.11. The van der Waals surface area contributed by atoms with Crippen LogP contribution in [0.25, 0.3) is 16.2 Å². The Balaban J connectivity index is 2.16. The first-order chi connectivity index (χ1) is 8.26. The smallest absolute Gasteiger partial charge is 0.151 e. The number of aromatic nitrogens is 2. The van der Waals surface area contributed by atoms with Gasteiger partial charge in [-0.05, 0) is 36.1 Å². The second-order valence-electron chi connectivity index (χ2n) is 3.96. The largest absolute Gasteiger partial charge is 0.306 e. The van der Waals surface area contributed by atoms with Crippen LogP contribution < -0.4 is 0 Å². The topological polar surface area (TPSA) is 34.4 Å². The van der Waals surface area contributed by atoms with Gasteiger partial charge in [-0.25, -0.2) is 4.98 Å². The van der Waals surface area contributed by atoms with Crippen LogP contribution >= 0.6 is 11.3 Å². The normalized spacial score (nSPS) is 10.9. The van der Waals surface area contributed by atoms with Crippen molar-refractivity contribution in [1.29, 1.82) is 0 Å². The number of nitrogens with zero attached hydrogens (tertiary/aromatic N) is 2. The summed E-state index contributed by atoms with van der Waals surface area (Å²) in [5.41, 5.74) is 3.71. The Morgan fingerprint density at radius 2 is 2.24 bits per heavy atom. The molecule has 3 aromatic rings. The van der Waals surface area contributed by atoms with Crippen LogP contribution in [0, 0.1) is 6.92 Å². The van der Waals surface area contributed by atoms with Crippen molar-refractivity contribution in [3.63, 3.8) is 0 Å². The third-order valence-electron chi connectivity index (χ3n) is 2.59. The van der Waals surface area contributed by atoms with E-state index in [0.717, 1.165) is 22.5 Å². The summed E-state index contributed by atoms with van der Waals surface area (Å²) >= 11 is 1.68. The molecule has 0 atom stereocenters. The monoisotopic (exact) mass is 242 g/mol. The van der Waals surface area contributed by atoms with E-state index in [1.54, 1.807) is 23.6 Å². The van der Waals surface area contributed by atoms with E-state index in [1.165, 1.54) is 5.56 Å². The number of fused-ring (bicyclic) bond motifs is 1.